The molecule has 6 N–H and O–H groups in total. The van der Waals surface area contributed by atoms with Crippen LogP contribution in [0.1, 0.15) is 22.6 Å². The van der Waals surface area contributed by atoms with Gasteiger partial charge in [0.2, 0.25) is 0 Å². The third-order valence-electron chi connectivity index (χ3n) is 4.00. The van der Waals surface area contributed by atoms with Gasteiger partial charge >= 0.3 is 0 Å². The van der Waals surface area contributed by atoms with Gasteiger partial charge in [-0.2, -0.15) is 0 Å². The molecule has 0 aliphatic carbocycles. The summed E-state index contributed by atoms with van der Waals surface area (Å²) in [6.45, 7) is 0. The molecule has 0 aromatic heterocycles. The zero-order valence-electron chi connectivity index (χ0n) is 13.0. The van der Waals surface area contributed by atoms with Gasteiger partial charge in [0.05, 0.1) is 0 Å². The summed E-state index contributed by atoms with van der Waals surface area (Å²) in [5.41, 5.74) is 1.72. The van der Waals surface area contributed by atoms with Gasteiger partial charge in [0.25, 0.3) is 0 Å². The van der Waals surface area contributed by atoms with E-state index >= 15 is 0 Å². The lowest BCUT2D eigenvalue weighted by Gasteiger charge is -2.20. The highest BCUT2D eigenvalue weighted by Crippen LogP contribution is 2.40. The van der Waals surface area contributed by atoms with Crippen molar-refractivity contribution >= 4 is 0 Å². The van der Waals surface area contributed by atoms with Crippen LogP contribution in [-0.2, 0) is 0 Å². The maximum absolute atomic E-state index is 9.81. The zero-order valence-corrected chi connectivity index (χ0v) is 13.0. The highest BCUT2D eigenvalue weighted by Gasteiger charge is 2.20. The molecular weight excluding hydrogens is 324 g/mol. The summed E-state index contributed by atoms with van der Waals surface area (Å²) in [4.78, 5) is 0. The van der Waals surface area contributed by atoms with Crippen LogP contribution in [0.4, 0.5) is 0 Å². The van der Waals surface area contributed by atoms with E-state index in [-0.39, 0.29) is 34.5 Å². The normalized spacial score (nSPS) is 10.9. The molecule has 6 nitrogen and oxygen atoms in total. The monoisotopic (exact) mass is 340 g/mol. The fourth-order valence-electron chi connectivity index (χ4n) is 2.74. The second-order valence-corrected chi connectivity index (χ2v) is 5.68. The molecule has 0 aliphatic heterocycles. The number of phenols is 6. The fourth-order valence-corrected chi connectivity index (χ4v) is 2.74. The Morgan fingerprint density at radius 3 is 0.920 bits per heavy atom. The van der Waals surface area contributed by atoms with E-state index in [9.17, 15) is 30.6 Å². The molecule has 3 aromatic rings. The van der Waals surface area contributed by atoms with E-state index in [1.54, 1.807) is 18.2 Å². The van der Waals surface area contributed by atoms with Crippen molar-refractivity contribution in [2.24, 2.45) is 0 Å². The molecule has 0 amide bonds. The molecule has 25 heavy (non-hydrogen) atoms. The van der Waals surface area contributed by atoms with Crippen molar-refractivity contribution in [1.29, 1.82) is 0 Å². The van der Waals surface area contributed by atoms with E-state index in [4.69, 9.17) is 0 Å². The molecule has 0 atom stereocenters. The Kier molecular flexibility index (Phi) is 4.02. The molecular formula is C19H16O6. The fraction of sp³-hybridized carbons (Fsp3) is 0.0526. The summed E-state index contributed by atoms with van der Waals surface area (Å²) in [5.74, 6) is -2.29. The molecule has 3 aromatic carbocycles. The number of aromatic hydroxyl groups is 6. The standard InChI is InChI=1S/C19H16O6/c20-13-4-1-10(7-16(13)23)19(11-2-5-14(21)17(24)8-11)12-3-6-15(22)18(25)9-12/h1-9,19-25H. The average Bonchev–Trinajstić information content (AvgIpc) is 2.57. The van der Waals surface area contributed by atoms with E-state index < -0.39 is 5.92 Å². The van der Waals surface area contributed by atoms with Crippen LogP contribution in [0.3, 0.4) is 0 Å². The quantitative estimate of drug-likeness (QED) is 0.322. The van der Waals surface area contributed by atoms with Gasteiger partial charge in [-0.15, -0.1) is 0 Å². The number of hydrogen-bond donors (Lipinski definition) is 6. The topological polar surface area (TPSA) is 121 Å². The molecule has 0 spiro atoms. The van der Waals surface area contributed by atoms with Gasteiger partial charge in [-0.1, -0.05) is 18.2 Å². The van der Waals surface area contributed by atoms with Crippen LogP contribution in [0.2, 0.25) is 0 Å². The van der Waals surface area contributed by atoms with Gasteiger partial charge in [-0.3, -0.25) is 0 Å². The van der Waals surface area contributed by atoms with Crippen molar-refractivity contribution < 1.29 is 30.6 Å². The Balaban J connectivity index is 2.21. The SMILES string of the molecule is Oc1ccc(C(c2ccc(O)c(O)c2)c2ccc(O)c(O)c2)cc1O. The highest BCUT2D eigenvalue weighted by molar-refractivity contribution is 5.54. The third-order valence-corrected chi connectivity index (χ3v) is 4.00. The minimum absolute atomic E-state index is 0.274. The molecule has 0 heterocycles. The molecule has 0 aliphatic rings. The molecule has 0 fully saturated rings. The number of rotatable bonds is 3. The van der Waals surface area contributed by atoms with Crippen LogP contribution in [0.25, 0.3) is 0 Å². The highest BCUT2D eigenvalue weighted by atomic mass is 16.3. The first-order valence-corrected chi connectivity index (χ1v) is 7.42. The largest absolute Gasteiger partial charge is 0.504 e. The smallest absolute Gasteiger partial charge is 0.157 e. The van der Waals surface area contributed by atoms with Crippen LogP contribution in [0, 0.1) is 0 Å². The Bertz CT molecular complexity index is 813. The lowest BCUT2D eigenvalue weighted by Crippen LogP contribution is -2.03. The predicted molar refractivity (Wildman–Crippen MR) is 90.3 cm³/mol. The van der Waals surface area contributed by atoms with E-state index in [2.05, 4.69) is 0 Å². The molecule has 0 bridgehead atoms. The van der Waals surface area contributed by atoms with E-state index in [0.717, 1.165) is 0 Å². The van der Waals surface area contributed by atoms with Gasteiger partial charge < -0.3 is 30.6 Å². The number of benzene rings is 3. The molecule has 128 valence electrons. The Hall–Kier alpha value is -3.54. The van der Waals surface area contributed by atoms with Crippen LogP contribution >= 0.6 is 0 Å². The maximum atomic E-state index is 9.81. The minimum atomic E-state index is -0.538. The summed E-state index contributed by atoms with van der Waals surface area (Å²) in [5, 5.41) is 58.0. The molecule has 6 heteroatoms. The third kappa shape index (κ3) is 3.10. The molecule has 0 radical (unpaired) electrons. The van der Waals surface area contributed by atoms with E-state index in [1.165, 1.54) is 36.4 Å². The van der Waals surface area contributed by atoms with Gasteiger partial charge in [-0.25, -0.2) is 0 Å². The Morgan fingerprint density at radius 1 is 0.400 bits per heavy atom. The second-order valence-electron chi connectivity index (χ2n) is 5.68. The summed E-state index contributed by atoms with van der Waals surface area (Å²) in [6, 6.07) is 12.9. The lowest BCUT2D eigenvalue weighted by molar-refractivity contribution is 0.401. The number of hydrogen-bond acceptors (Lipinski definition) is 6. The first-order valence-electron chi connectivity index (χ1n) is 7.42. The molecule has 3 rings (SSSR count). The Labute approximate surface area is 143 Å². The van der Waals surface area contributed by atoms with Gasteiger partial charge in [0.15, 0.2) is 34.5 Å². The van der Waals surface area contributed by atoms with Gasteiger partial charge in [0, 0.05) is 5.92 Å². The van der Waals surface area contributed by atoms with Crippen molar-refractivity contribution in [2.75, 3.05) is 0 Å². The summed E-state index contributed by atoms with van der Waals surface area (Å²) < 4.78 is 0. The van der Waals surface area contributed by atoms with Crippen molar-refractivity contribution in [3.8, 4) is 34.5 Å². The zero-order chi connectivity index (χ0) is 18.1. The predicted octanol–water partition coefficient (Wildman–Crippen LogP) is 3.10. The van der Waals surface area contributed by atoms with Crippen molar-refractivity contribution in [3.63, 3.8) is 0 Å². The first kappa shape index (κ1) is 16.3. The first-order chi connectivity index (χ1) is 11.9. The van der Waals surface area contributed by atoms with Crippen LogP contribution in [-0.4, -0.2) is 30.6 Å². The van der Waals surface area contributed by atoms with E-state index in [1.807, 2.05) is 0 Å². The van der Waals surface area contributed by atoms with Crippen molar-refractivity contribution in [3.05, 3.63) is 71.3 Å². The summed E-state index contributed by atoms with van der Waals surface area (Å²) >= 11 is 0. The lowest BCUT2D eigenvalue weighted by atomic mass is 9.84. The molecule has 0 unspecified atom stereocenters. The van der Waals surface area contributed by atoms with Gasteiger partial charge in [-0.05, 0) is 53.1 Å². The number of phenolic OH excluding ortho intramolecular Hbond substituents is 6. The van der Waals surface area contributed by atoms with Gasteiger partial charge in [0.1, 0.15) is 0 Å². The van der Waals surface area contributed by atoms with Crippen molar-refractivity contribution in [2.45, 2.75) is 5.92 Å². The Morgan fingerprint density at radius 2 is 0.680 bits per heavy atom. The van der Waals surface area contributed by atoms with Crippen molar-refractivity contribution in [1.82, 2.24) is 0 Å². The maximum Gasteiger partial charge on any atom is 0.157 e. The minimum Gasteiger partial charge on any atom is -0.504 e. The average molecular weight is 340 g/mol. The molecule has 0 saturated carbocycles. The van der Waals surface area contributed by atoms with E-state index in [0.29, 0.717) is 16.7 Å². The van der Waals surface area contributed by atoms with Crippen LogP contribution in [0.15, 0.2) is 54.6 Å². The molecule has 0 saturated heterocycles. The summed E-state index contributed by atoms with van der Waals surface area (Å²) in [7, 11) is 0. The van der Waals surface area contributed by atoms with Crippen LogP contribution in [0.5, 0.6) is 34.5 Å². The van der Waals surface area contributed by atoms with Crippen LogP contribution < -0.4 is 0 Å². The second kappa shape index (κ2) is 6.16. The summed E-state index contributed by atoms with van der Waals surface area (Å²) in [6.07, 6.45) is 0.